The summed E-state index contributed by atoms with van der Waals surface area (Å²) >= 11 is 0. The number of hydrogen-bond acceptors (Lipinski definition) is 3. The first-order chi connectivity index (χ1) is 7.99. The van der Waals surface area contributed by atoms with E-state index in [4.69, 9.17) is 9.52 Å². The van der Waals surface area contributed by atoms with Crippen molar-refractivity contribution in [1.29, 1.82) is 0 Å². The number of carboxylic acids is 1. The van der Waals surface area contributed by atoms with Crippen molar-refractivity contribution in [1.82, 2.24) is 10.6 Å². The van der Waals surface area contributed by atoms with Gasteiger partial charge in [-0.05, 0) is 12.1 Å². The first kappa shape index (κ1) is 12.9. The predicted octanol–water partition coefficient (Wildman–Crippen LogP) is 1.04. The van der Waals surface area contributed by atoms with Crippen LogP contribution in [0.2, 0.25) is 0 Å². The monoisotopic (exact) mass is 248 g/mol. The molecule has 94 valence electrons. The molecule has 1 aromatic heterocycles. The quantitative estimate of drug-likeness (QED) is 0.726. The van der Waals surface area contributed by atoms with Crippen LogP contribution in [0.25, 0.3) is 0 Å². The Kier molecular flexibility index (Phi) is 4.44. The Hall–Kier alpha value is -2.12. The van der Waals surface area contributed by atoms with Crippen LogP contribution in [0, 0.1) is 0 Å². The van der Waals surface area contributed by atoms with E-state index >= 15 is 0 Å². The van der Waals surface area contributed by atoms with E-state index in [1.54, 1.807) is 0 Å². The fourth-order valence-corrected chi connectivity index (χ4v) is 0.988. The van der Waals surface area contributed by atoms with Gasteiger partial charge in [0, 0.05) is 0 Å². The number of furan rings is 1. The molecule has 2 amide bonds. The van der Waals surface area contributed by atoms with Crippen LogP contribution in [0.4, 0.5) is 13.6 Å². The number of carbonyl (C=O) groups excluding carboxylic acids is 1. The second-order valence-corrected chi connectivity index (χ2v) is 3.03. The zero-order valence-corrected chi connectivity index (χ0v) is 8.57. The van der Waals surface area contributed by atoms with Crippen molar-refractivity contribution in [2.45, 2.75) is 13.0 Å². The molecule has 1 heterocycles. The molecule has 0 fully saturated rings. The molecule has 1 rings (SSSR count). The fourth-order valence-electron chi connectivity index (χ4n) is 0.988. The third kappa shape index (κ3) is 4.49. The highest BCUT2D eigenvalue weighted by atomic mass is 19.3. The molecular weight excluding hydrogens is 238 g/mol. The summed E-state index contributed by atoms with van der Waals surface area (Å²) in [5.74, 6) is -1.26. The molecule has 0 unspecified atom stereocenters. The molecular formula is C9H10F2N2O4. The second kappa shape index (κ2) is 5.83. The van der Waals surface area contributed by atoms with Crippen molar-refractivity contribution < 1.29 is 27.9 Å². The van der Waals surface area contributed by atoms with Gasteiger partial charge in [0.1, 0.15) is 5.76 Å². The SMILES string of the molecule is O=C(NCc1ccc(C(=O)O)o1)NCC(F)F. The van der Waals surface area contributed by atoms with Crippen molar-refractivity contribution in [2.24, 2.45) is 0 Å². The summed E-state index contributed by atoms with van der Waals surface area (Å²) in [4.78, 5) is 21.4. The topological polar surface area (TPSA) is 91.6 Å². The lowest BCUT2D eigenvalue weighted by molar-refractivity contribution is 0.0660. The van der Waals surface area contributed by atoms with Gasteiger partial charge in [-0.15, -0.1) is 0 Å². The summed E-state index contributed by atoms with van der Waals surface area (Å²) in [5, 5.41) is 12.7. The Morgan fingerprint density at radius 2 is 2.06 bits per heavy atom. The van der Waals surface area contributed by atoms with Gasteiger partial charge < -0.3 is 20.2 Å². The van der Waals surface area contributed by atoms with E-state index < -0.39 is 25.0 Å². The maximum absolute atomic E-state index is 11.7. The summed E-state index contributed by atoms with van der Waals surface area (Å²) in [6, 6.07) is 1.83. The van der Waals surface area contributed by atoms with Crippen LogP contribution < -0.4 is 10.6 Å². The van der Waals surface area contributed by atoms with Crippen LogP contribution in [0.15, 0.2) is 16.5 Å². The van der Waals surface area contributed by atoms with Crippen molar-refractivity contribution in [3.8, 4) is 0 Å². The highest BCUT2D eigenvalue weighted by Crippen LogP contribution is 2.07. The van der Waals surface area contributed by atoms with Gasteiger partial charge in [0.05, 0.1) is 13.1 Å². The van der Waals surface area contributed by atoms with Gasteiger partial charge in [-0.2, -0.15) is 0 Å². The highest BCUT2D eigenvalue weighted by Gasteiger charge is 2.10. The Bertz CT molecular complexity index is 405. The molecule has 0 aliphatic carbocycles. The van der Waals surface area contributed by atoms with E-state index in [9.17, 15) is 18.4 Å². The summed E-state index contributed by atoms with van der Waals surface area (Å²) in [7, 11) is 0. The van der Waals surface area contributed by atoms with E-state index in [0.717, 1.165) is 0 Å². The molecule has 0 spiro atoms. The molecule has 6 nitrogen and oxygen atoms in total. The van der Waals surface area contributed by atoms with Crippen molar-refractivity contribution in [3.63, 3.8) is 0 Å². The van der Waals surface area contributed by atoms with Gasteiger partial charge in [0.25, 0.3) is 6.43 Å². The van der Waals surface area contributed by atoms with Crippen LogP contribution >= 0.6 is 0 Å². The minimum atomic E-state index is -2.62. The van der Waals surface area contributed by atoms with Crippen molar-refractivity contribution in [2.75, 3.05) is 6.54 Å². The molecule has 3 N–H and O–H groups in total. The lowest BCUT2D eigenvalue weighted by Crippen LogP contribution is -2.37. The van der Waals surface area contributed by atoms with Gasteiger partial charge in [0.2, 0.25) is 5.76 Å². The number of hydrogen-bond donors (Lipinski definition) is 3. The number of carboxylic acid groups (broad SMARTS) is 1. The average molecular weight is 248 g/mol. The molecule has 0 radical (unpaired) electrons. The molecule has 0 atom stereocenters. The highest BCUT2D eigenvalue weighted by molar-refractivity contribution is 5.84. The van der Waals surface area contributed by atoms with Crippen LogP contribution in [0.3, 0.4) is 0 Å². The smallest absolute Gasteiger partial charge is 0.371 e. The molecule has 1 aromatic rings. The fraction of sp³-hybridized carbons (Fsp3) is 0.333. The molecule has 0 aliphatic rings. The van der Waals surface area contributed by atoms with Crippen LogP contribution in [-0.4, -0.2) is 30.1 Å². The Morgan fingerprint density at radius 1 is 1.35 bits per heavy atom. The summed E-state index contributed by atoms with van der Waals surface area (Å²) in [6.45, 7) is -0.827. The van der Waals surface area contributed by atoms with E-state index in [-0.39, 0.29) is 18.1 Å². The number of aromatic carboxylic acids is 1. The van der Waals surface area contributed by atoms with Crippen LogP contribution in [0.1, 0.15) is 16.3 Å². The van der Waals surface area contributed by atoms with Crippen LogP contribution in [0.5, 0.6) is 0 Å². The molecule has 0 aliphatic heterocycles. The zero-order valence-electron chi connectivity index (χ0n) is 8.57. The van der Waals surface area contributed by atoms with E-state index in [2.05, 4.69) is 5.32 Å². The summed E-state index contributed by atoms with van der Waals surface area (Å²) < 4.78 is 28.3. The third-order valence-electron chi connectivity index (χ3n) is 1.71. The van der Waals surface area contributed by atoms with Gasteiger partial charge in [0.15, 0.2) is 0 Å². The lowest BCUT2D eigenvalue weighted by atomic mass is 10.4. The number of alkyl halides is 2. The van der Waals surface area contributed by atoms with Gasteiger partial charge in [-0.25, -0.2) is 18.4 Å². The Morgan fingerprint density at radius 3 is 2.59 bits per heavy atom. The standard InChI is InChI=1S/C9H10F2N2O4/c10-7(11)4-13-9(16)12-3-5-1-2-6(17-5)8(14)15/h1-2,7H,3-4H2,(H,14,15)(H2,12,13,16). The normalized spacial score (nSPS) is 10.3. The maximum atomic E-state index is 11.7. The molecule has 0 saturated carbocycles. The molecule has 0 aromatic carbocycles. The van der Waals surface area contributed by atoms with E-state index in [1.165, 1.54) is 12.1 Å². The zero-order chi connectivity index (χ0) is 12.8. The summed E-state index contributed by atoms with van der Waals surface area (Å²) in [5.41, 5.74) is 0. The molecule has 0 bridgehead atoms. The van der Waals surface area contributed by atoms with Crippen LogP contribution in [-0.2, 0) is 6.54 Å². The third-order valence-corrected chi connectivity index (χ3v) is 1.71. The first-order valence-corrected chi connectivity index (χ1v) is 4.61. The number of nitrogens with one attached hydrogen (secondary N) is 2. The van der Waals surface area contributed by atoms with E-state index in [0.29, 0.717) is 0 Å². The number of carbonyl (C=O) groups is 2. The molecule has 0 saturated heterocycles. The van der Waals surface area contributed by atoms with Gasteiger partial charge >= 0.3 is 12.0 Å². The Labute approximate surface area is 94.6 Å². The van der Waals surface area contributed by atoms with E-state index in [1.807, 2.05) is 5.32 Å². The minimum absolute atomic E-state index is 0.0810. The van der Waals surface area contributed by atoms with Crippen molar-refractivity contribution in [3.05, 3.63) is 23.7 Å². The molecule has 17 heavy (non-hydrogen) atoms. The first-order valence-electron chi connectivity index (χ1n) is 4.61. The molecule has 8 heteroatoms. The van der Waals surface area contributed by atoms with Crippen molar-refractivity contribution >= 4 is 12.0 Å². The second-order valence-electron chi connectivity index (χ2n) is 3.03. The number of urea groups is 1. The average Bonchev–Trinajstić information content (AvgIpc) is 2.72. The number of rotatable bonds is 5. The lowest BCUT2D eigenvalue weighted by Gasteiger charge is -2.05. The summed E-state index contributed by atoms with van der Waals surface area (Å²) in [6.07, 6.45) is -2.62. The maximum Gasteiger partial charge on any atom is 0.371 e. The van der Waals surface area contributed by atoms with Gasteiger partial charge in [-0.1, -0.05) is 0 Å². The number of amides is 2. The Balaban J connectivity index is 2.34. The number of halogens is 2. The minimum Gasteiger partial charge on any atom is -0.475 e. The van der Waals surface area contributed by atoms with Gasteiger partial charge in [-0.3, -0.25) is 0 Å². The predicted molar refractivity (Wildman–Crippen MR) is 51.9 cm³/mol. The largest absolute Gasteiger partial charge is 0.475 e.